The molecular weight excluding hydrogens is 268 g/mol. The Morgan fingerprint density at radius 3 is 2.85 bits per heavy atom. The van der Waals surface area contributed by atoms with Crippen LogP contribution in [0.3, 0.4) is 0 Å². The predicted octanol–water partition coefficient (Wildman–Crippen LogP) is 3.02. The number of nitrogens with two attached hydrogens (primary N) is 1. The summed E-state index contributed by atoms with van der Waals surface area (Å²) in [7, 11) is 0. The minimum absolute atomic E-state index is 0.0233. The van der Waals surface area contributed by atoms with Gasteiger partial charge in [-0.25, -0.2) is 0 Å². The number of hydrogen-bond donors (Lipinski definition) is 2. The van der Waals surface area contributed by atoms with Crippen LogP contribution in [0.2, 0.25) is 0 Å². The fourth-order valence-electron chi connectivity index (χ4n) is 2.88. The molecular formula is C16H22N2OS. The molecule has 1 fully saturated rings. The minimum Gasteiger partial charge on any atom is -0.389 e. The van der Waals surface area contributed by atoms with Gasteiger partial charge in [-0.2, -0.15) is 0 Å². The van der Waals surface area contributed by atoms with E-state index in [-0.39, 0.29) is 5.91 Å². The largest absolute Gasteiger partial charge is 0.389 e. The summed E-state index contributed by atoms with van der Waals surface area (Å²) in [5.74, 6) is 0.724. The van der Waals surface area contributed by atoms with Crippen molar-refractivity contribution in [1.82, 2.24) is 5.32 Å². The molecule has 0 heterocycles. The summed E-state index contributed by atoms with van der Waals surface area (Å²) in [6.07, 6.45) is 5.87. The van der Waals surface area contributed by atoms with Gasteiger partial charge in [0, 0.05) is 17.2 Å². The van der Waals surface area contributed by atoms with Gasteiger partial charge in [-0.1, -0.05) is 50.5 Å². The Bertz CT molecular complexity index is 501. The zero-order chi connectivity index (χ0) is 14.5. The Morgan fingerprint density at radius 1 is 1.40 bits per heavy atom. The highest BCUT2D eigenvalue weighted by molar-refractivity contribution is 7.80. The van der Waals surface area contributed by atoms with Crippen molar-refractivity contribution in [3.63, 3.8) is 0 Å². The van der Waals surface area contributed by atoms with Crippen molar-refractivity contribution in [2.45, 2.75) is 45.1 Å². The second-order valence-corrected chi connectivity index (χ2v) is 6.00. The van der Waals surface area contributed by atoms with Crippen LogP contribution < -0.4 is 11.1 Å². The van der Waals surface area contributed by atoms with Crippen LogP contribution in [0.1, 0.15) is 54.9 Å². The summed E-state index contributed by atoms with van der Waals surface area (Å²) in [5.41, 5.74) is 6.97. The van der Waals surface area contributed by atoms with Gasteiger partial charge >= 0.3 is 0 Å². The molecule has 3 N–H and O–H groups in total. The summed E-state index contributed by atoms with van der Waals surface area (Å²) in [6, 6.07) is 7.51. The molecule has 0 spiro atoms. The maximum atomic E-state index is 12.3. The zero-order valence-corrected chi connectivity index (χ0v) is 12.7. The van der Waals surface area contributed by atoms with E-state index in [0.717, 1.165) is 24.3 Å². The molecule has 1 aromatic rings. The van der Waals surface area contributed by atoms with Gasteiger partial charge in [0.1, 0.15) is 4.99 Å². The summed E-state index contributed by atoms with van der Waals surface area (Å²) >= 11 is 4.95. The highest BCUT2D eigenvalue weighted by Gasteiger charge is 2.22. The van der Waals surface area contributed by atoms with Crippen LogP contribution in [-0.4, -0.2) is 16.9 Å². The first-order valence-corrected chi connectivity index (χ1v) is 7.71. The number of hydrogen-bond acceptors (Lipinski definition) is 2. The molecule has 4 heteroatoms. The number of thiocarbonyl (C=S) groups is 1. The fourth-order valence-corrected chi connectivity index (χ4v) is 3.00. The summed E-state index contributed by atoms with van der Waals surface area (Å²) < 4.78 is 0. The van der Waals surface area contributed by atoms with E-state index in [1.54, 1.807) is 12.1 Å². The molecule has 0 saturated heterocycles. The third-order valence-corrected chi connectivity index (χ3v) is 4.34. The van der Waals surface area contributed by atoms with Crippen molar-refractivity contribution in [1.29, 1.82) is 0 Å². The molecule has 1 amide bonds. The van der Waals surface area contributed by atoms with Crippen LogP contribution in [0.25, 0.3) is 0 Å². The minimum atomic E-state index is -0.0233. The van der Waals surface area contributed by atoms with E-state index >= 15 is 0 Å². The maximum absolute atomic E-state index is 12.3. The normalized spacial score (nSPS) is 22.2. The molecule has 0 aromatic heterocycles. The van der Waals surface area contributed by atoms with Crippen molar-refractivity contribution in [3.8, 4) is 0 Å². The van der Waals surface area contributed by atoms with E-state index in [2.05, 4.69) is 12.2 Å². The van der Waals surface area contributed by atoms with Gasteiger partial charge in [0.2, 0.25) is 0 Å². The number of nitrogens with one attached hydrogen (secondary N) is 1. The van der Waals surface area contributed by atoms with E-state index in [1.807, 2.05) is 12.1 Å². The van der Waals surface area contributed by atoms with Gasteiger partial charge in [0.05, 0.1) is 0 Å². The highest BCUT2D eigenvalue weighted by Crippen LogP contribution is 2.26. The SMILES string of the molecule is CCC1CCCC(NC(=O)c2cccc(C(N)=S)c2)C1. The number of benzene rings is 1. The highest BCUT2D eigenvalue weighted by atomic mass is 32.1. The first kappa shape index (κ1) is 15.0. The average molecular weight is 290 g/mol. The van der Waals surface area contributed by atoms with Crippen LogP contribution in [0.5, 0.6) is 0 Å². The van der Waals surface area contributed by atoms with Crippen LogP contribution in [-0.2, 0) is 0 Å². The van der Waals surface area contributed by atoms with Crippen LogP contribution in [0.15, 0.2) is 24.3 Å². The summed E-state index contributed by atoms with van der Waals surface area (Å²) in [6.45, 7) is 2.22. The molecule has 0 aliphatic heterocycles. The molecule has 2 unspecified atom stereocenters. The standard InChI is InChI=1S/C16H22N2OS/c1-2-11-5-3-8-14(9-11)18-16(19)13-7-4-6-12(10-13)15(17)20/h4,6-7,10-11,14H,2-3,5,8-9H2,1H3,(H2,17,20)(H,18,19). The number of amides is 1. The average Bonchev–Trinajstić information content (AvgIpc) is 2.47. The van der Waals surface area contributed by atoms with Crippen molar-refractivity contribution in [2.24, 2.45) is 11.7 Å². The Balaban J connectivity index is 2.01. The van der Waals surface area contributed by atoms with Crippen molar-refractivity contribution < 1.29 is 4.79 Å². The zero-order valence-electron chi connectivity index (χ0n) is 11.9. The molecule has 1 aromatic carbocycles. The number of carbonyl (C=O) groups excluding carboxylic acids is 1. The quantitative estimate of drug-likeness (QED) is 0.838. The number of carbonyl (C=O) groups is 1. The lowest BCUT2D eigenvalue weighted by Crippen LogP contribution is -2.38. The first-order chi connectivity index (χ1) is 9.60. The molecule has 0 radical (unpaired) electrons. The van der Waals surface area contributed by atoms with E-state index < -0.39 is 0 Å². The Kier molecular flexibility index (Phi) is 5.12. The van der Waals surface area contributed by atoms with Crippen molar-refractivity contribution in [3.05, 3.63) is 35.4 Å². The second kappa shape index (κ2) is 6.84. The molecule has 0 bridgehead atoms. The van der Waals surface area contributed by atoms with Gasteiger partial charge < -0.3 is 11.1 Å². The van der Waals surface area contributed by atoms with E-state index in [9.17, 15) is 4.79 Å². The predicted molar refractivity (Wildman–Crippen MR) is 85.8 cm³/mol. The van der Waals surface area contributed by atoms with Crippen molar-refractivity contribution >= 4 is 23.1 Å². The Morgan fingerprint density at radius 2 is 2.15 bits per heavy atom. The Labute approximate surface area is 125 Å². The van der Waals surface area contributed by atoms with Gasteiger partial charge in [0.25, 0.3) is 5.91 Å². The molecule has 1 saturated carbocycles. The second-order valence-electron chi connectivity index (χ2n) is 5.56. The molecule has 108 valence electrons. The molecule has 2 rings (SSSR count). The lowest BCUT2D eigenvalue weighted by atomic mass is 9.84. The van der Waals surface area contributed by atoms with E-state index in [0.29, 0.717) is 16.6 Å². The third-order valence-electron chi connectivity index (χ3n) is 4.10. The van der Waals surface area contributed by atoms with Crippen LogP contribution in [0, 0.1) is 5.92 Å². The van der Waals surface area contributed by atoms with Gasteiger partial charge in [-0.05, 0) is 30.9 Å². The molecule has 2 atom stereocenters. The third kappa shape index (κ3) is 3.79. The monoisotopic (exact) mass is 290 g/mol. The number of rotatable bonds is 4. The topological polar surface area (TPSA) is 55.1 Å². The van der Waals surface area contributed by atoms with Gasteiger partial charge in [0.15, 0.2) is 0 Å². The first-order valence-electron chi connectivity index (χ1n) is 7.31. The lowest BCUT2D eigenvalue weighted by molar-refractivity contribution is 0.0919. The molecule has 3 nitrogen and oxygen atoms in total. The smallest absolute Gasteiger partial charge is 0.251 e. The Hall–Kier alpha value is -1.42. The molecule has 1 aliphatic rings. The van der Waals surface area contributed by atoms with Gasteiger partial charge in [-0.3, -0.25) is 4.79 Å². The maximum Gasteiger partial charge on any atom is 0.251 e. The van der Waals surface area contributed by atoms with Crippen LogP contribution >= 0.6 is 12.2 Å². The summed E-state index contributed by atoms with van der Waals surface area (Å²) in [5, 5.41) is 3.14. The van der Waals surface area contributed by atoms with E-state index in [4.69, 9.17) is 18.0 Å². The molecule has 1 aliphatic carbocycles. The fraction of sp³-hybridized carbons (Fsp3) is 0.500. The summed E-state index contributed by atoms with van der Waals surface area (Å²) in [4.78, 5) is 12.6. The van der Waals surface area contributed by atoms with Crippen molar-refractivity contribution in [2.75, 3.05) is 0 Å². The van der Waals surface area contributed by atoms with Gasteiger partial charge in [-0.15, -0.1) is 0 Å². The van der Waals surface area contributed by atoms with Crippen LogP contribution in [0.4, 0.5) is 0 Å². The molecule has 20 heavy (non-hydrogen) atoms. The lowest BCUT2D eigenvalue weighted by Gasteiger charge is -2.29. The van der Waals surface area contributed by atoms with E-state index in [1.165, 1.54) is 19.3 Å².